The Bertz CT molecular complexity index is 879. The summed E-state index contributed by atoms with van der Waals surface area (Å²) in [6.07, 6.45) is -3.83. The number of nitrogens with one attached hydrogen (secondary N) is 2. The van der Waals surface area contributed by atoms with Crippen molar-refractivity contribution in [1.29, 1.82) is 0 Å². The Kier molecular flexibility index (Phi) is 5.15. The van der Waals surface area contributed by atoms with Crippen LogP contribution in [-0.4, -0.2) is 11.8 Å². The van der Waals surface area contributed by atoms with E-state index in [0.29, 0.717) is 23.4 Å². The fraction of sp³-hybridized carbons (Fsp3) is 0.263. The van der Waals surface area contributed by atoms with Crippen molar-refractivity contribution in [2.45, 2.75) is 25.6 Å². The zero-order valence-electron chi connectivity index (χ0n) is 14.1. The highest BCUT2D eigenvalue weighted by Crippen LogP contribution is 2.47. The van der Waals surface area contributed by atoms with E-state index in [-0.39, 0.29) is 12.2 Å². The van der Waals surface area contributed by atoms with Gasteiger partial charge in [-0.15, -0.1) is 0 Å². The molecule has 142 valence electrons. The zero-order valence-corrected chi connectivity index (χ0v) is 14.8. The van der Waals surface area contributed by atoms with Crippen LogP contribution < -0.4 is 10.6 Å². The minimum absolute atomic E-state index is 0.00000354. The molecule has 1 fully saturated rings. The maximum absolute atomic E-state index is 12.8. The smallest absolute Gasteiger partial charge is 0.351 e. The Hall–Kier alpha value is -2.54. The quantitative estimate of drug-likeness (QED) is 0.736. The number of carbonyl (C=O) groups is 2. The molecule has 8 heteroatoms. The van der Waals surface area contributed by atoms with Crippen LogP contribution in [0.4, 0.5) is 18.9 Å². The predicted octanol–water partition coefficient (Wildman–Crippen LogP) is 4.39. The SMILES string of the molecule is O=C(NCc1ccccc1Cl)C1(C(=O)Nc2cccc(C(F)(F)F)c2)CC1. The van der Waals surface area contributed by atoms with E-state index in [1.807, 2.05) is 0 Å². The maximum Gasteiger partial charge on any atom is 0.416 e. The summed E-state index contributed by atoms with van der Waals surface area (Å²) in [6, 6.07) is 11.3. The average molecular weight is 397 g/mol. The molecular formula is C19H16ClF3N2O2. The van der Waals surface area contributed by atoms with Gasteiger partial charge in [0.25, 0.3) is 0 Å². The van der Waals surface area contributed by atoms with E-state index in [0.717, 1.165) is 12.1 Å². The first kappa shape index (κ1) is 19.2. The second kappa shape index (κ2) is 7.23. The van der Waals surface area contributed by atoms with Gasteiger partial charge in [0.1, 0.15) is 5.41 Å². The number of hydrogen-bond donors (Lipinski definition) is 2. The Labute approximate surface area is 158 Å². The lowest BCUT2D eigenvalue weighted by Gasteiger charge is -2.16. The van der Waals surface area contributed by atoms with Crippen molar-refractivity contribution in [3.8, 4) is 0 Å². The largest absolute Gasteiger partial charge is 0.416 e. The van der Waals surface area contributed by atoms with E-state index in [4.69, 9.17) is 11.6 Å². The number of halogens is 4. The number of rotatable bonds is 5. The van der Waals surface area contributed by atoms with E-state index in [2.05, 4.69) is 10.6 Å². The molecule has 0 heterocycles. The molecule has 27 heavy (non-hydrogen) atoms. The zero-order chi connectivity index (χ0) is 19.7. The van der Waals surface area contributed by atoms with Crippen LogP contribution in [0.15, 0.2) is 48.5 Å². The molecule has 2 aromatic rings. The van der Waals surface area contributed by atoms with Gasteiger partial charge in [0.15, 0.2) is 0 Å². The molecule has 0 atom stereocenters. The predicted molar refractivity (Wildman–Crippen MR) is 95.0 cm³/mol. The molecule has 2 amide bonds. The van der Waals surface area contributed by atoms with Crippen molar-refractivity contribution >= 4 is 29.1 Å². The molecule has 1 aliphatic carbocycles. The molecule has 0 saturated heterocycles. The van der Waals surface area contributed by atoms with E-state index >= 15 is 0 Å². The molecule has 1 aliphatic rings. The number of carbonyl (C=O) groups excluding carboxylic acids is 2. The van der Waals surface area contributed by atoms with Crippen LogP contribution in [0.5, 0.6) is 0 Å². The molecule has 2 aromatic carbocycles. The number of anilines is 1. The molecule has 4 nitrogen and oxygen atoms in total. The first-order valence-corrected chi connectivity index (χ1v) is 8.61. The summed E-state index contributed by atoms with van der Waals surface area (Å²) in [4.78, 5) is 25.0. The summed E-state index contributed by atoms with van der Waals surface area (Å²) in [6.45, 7) is 0.164. The second-order valence-corrected chi connectivity index (χ2v) is 6.80. The molecule has 0 unspecified atom stereocenters. The van der Waals surface area contributed by atoms with Gasteiger partial charge < -0.3 is 10.6 Å². The van der Waals surface area contributed by atoms with Gasteiger partial charge in [-0.05, 0) is 42.7 Å². The van der Waals surface area contributed by atoms with Crippen molar-refractivity contribution < 1.29 is 22.8 Å². The molecule has 1 saturated carbocycles. The highest BCUT2D eigenvalue weighted by Gasteiger charge is 2.56. The van der Waals surface area contributed by atoms with Gasteiger partial charge in [-0.1, -0.05) is 35.9 Å². The van der Waals surface area contributed by atoms with Gasteiger partial charge in [0, 0.05) is 17.3 Å². The molecular weight excluding hydrogens is 381 g/mol. The lowest BCUT2D eigenvalue weighted by Crippen LogP contribution is -2.39. The Morgan fingerprint density at radius 3 is 2.37 bits per heavy atom. The molecule has 0 aromatic heterocycles. The Morgan fingerprint density at radius 2 is 1.74 bits per heavy atom. The molecule has 0 bridgehead atoms. The van der Waals surface area contributed by atoms with Gasteiger partial charge in [-0.2, -0.15) is 13.2 Å². The lowest BCUT2D eigenvalue weighted by molar-refractivity contribution is -0.138. The molecule has 0 spiro atoms. The maximum atomic E-state index is 12.8. The first-order chi connectivity index (χ1) is 12.7. The monoisotopic (exact) mass is 396 g/mol. The van der Waals surface area contributed by atoms with Crippen LogP contribution in [0.2, 0.25) is 5.02 Å². The Morgan fingerprint density at radius 1 is 1.04 bits per heavy atom. The third-order valence-corrected chi connectivity index (χ3v) is 4.83. The highest BCUT2D eigenvalue weighted by molar-refractivity contribution is 6.31. The van der Waals surface area contributed by atoms with Crippen LogP contribution in [0, 0.1) is 5.41 Å². The number of hydrogen-bond acceptors (Lipinski definition) is 2. The van der Waals surface area contributed by atoms with E-state index in [1.54, 1.807) is 24.3 Å². The molecule has 0 radical (unpaired) electrons. The van der Waals surface area contributed by atoms with Crippen LogP contribution in [0.3, 0.4) is 0 Å². The number of amides is 2. The van der Waals surface area contributed by atoms with Crippen molar-refractivity contribution in [2.24, 2.45) is 5.41 Å². The Balaban J connectivity index is 1.66. The molecule has 3 rings (SSSR count). The number of alkyl halides is 3. The van der Waals surface area contributed by atoms with Crippen LogP contribution in [0.1, 0.15) is 24.0 Å². The van der Waals surface area contributed by atoms with Crippen molar-refractivity contribution in [3.05, 3.63) is 64.7 Å². The van der Waals surface area contributed by atoms with Gasteiger partial charge in [-0.3, -0.25) is 9.59 Å². The third-order valence-electron chi connectivity index (χ3n) is 4.46. The fourth-order valence-electron chi connectivity index (χ4n) is 2.69. The van der Waals surface area contributed by atoms with Gasteiger partial charge in [-0.25, -0.2) is 0 Å². The second-order valence-electron chi connectivity index (χ2n) is 6.39. The highest BCUT2D eigenvalue weighted by atomic mass is 35.5. The summed E-state index contributed by atoms with van der Waals surface area (Å²) < 4.78 is 38.4. The summed E-state index contributed by atoms with van der Waals surface area (Å²) in [5.74, 6) is -1.08. The first-order valence-electron chi connectivity index (χ1n) is 8.23. The van der Waals surface area contributed by atoms with Crippen molar-refractivity contribution in [2.75, 3.05) is 5.32 Å². The minimum Gasteiger partial charge on any atom is -0.351 e. The van der Waals surface area contributed by atoms with Crippen LogP contribution in [0.25, 0.3) is 0 Å². The summed E-state index contributed by atoms with van der Waals surface area (Å²) in [5, 5.41) is 5.60. The third kappa shape index (κ3) is 4.24. The fourth-order valence-corrected chi connectivity index (χ4v) is 2.90. The van der Waals surface area contributed by atoms with Crippen molar-refractivity contribution in [3.63, 3.8) is 0 Å². The van der Waals surface area contributed by atoms with Gasteiger partial charge >= 0.3 is 6.18 Å². The van der Waals surface area contributed by atoms with Crippen molar-refractivity contribution in [1.82, 2.24) is 5.32 Å². The summed E-state index contributed by atoms with van der Waals surface area (Å²) >= 11 is 6.04. The van der Waals surface area contributed by atoms with Gasteiger partial charge in [0.2, 0.25) is 11.8 Å². The number of benzene rings is 2. The molecule has 2 N–H and O–H groups in total. The van der Waals surface area contributed by atoms with E-state index < -0.39 is 29.0 Å². The van der Waals surface area contributed by atoms with Crippen LogP contribution in [-0.2, 0) is 22.3 Å². The van der Waals surface area contributed by atoms with Gasteiger partial charge in [0.05, 0.1) is 5.56 Å². The standard InChI is InChI=1S/C19H16ClF3N2O2/c20-15-7-2-1-4-12(15)11-24-16(26)18(8-9-18)17(27)25-14-6-3-5-13(10-14)19(21,22)23/h1-7,10H,8-9,11H2,(H,24,26)(H,25,27). The minimum atomic E-state index is -4.51. The van der Waals surface area contributed by atoms with Crippen LogP contribution >= 0.6 is 11.6 Å². The summed E-state index contributed by atoms with van der Waals surface area (Å²) in [5.41, 5.74) is -1.41. The molecule has 0 aliphatic heterocycles. The average Bonchev–Trinajstić information content (AvgIpc) is 3.42. The van der Waals surface area contributed by atoms with E-state index in [9.17, 15) is 22.8 Å². The topological polar surface area (TPSA) is 58.2 Å². The van der Waals surface area contributed by atoms with E-state index in [1.165, 1.54) is 12.1 Å². The summed E-state index contributed by atoms with van der Waals surface area (Å²) in [7, 11) is 0. The normalized spacial score (nSPS) is 15.1. The lowest BCUT2D eigenvalue weighted by atomic mass is 10.0.